The molecule has 0 amide bonds. The Morgan fingerprint density at radius 1 is 0.900 bits per heavy atom. The predicted octanol–water partition coefficient (Wildman–Crippen LogP) is 1.02. The van der Waals surface area contributed by atoms with Crippen LogP contribution in [0.1, 0.15) is 25.7 Å². The molecule has 0 spiro atoms. The molecular formula is C8H15LiN. The van der Waals surface area contributed by atoms with E-state index in [2.05, 4.69) is 5.32 Å². The van der Waals surface area contributed by atoms with Crippen LogP contribution in [0.15, 0.2) is 0 Å². The maximum absolute atomic E-state index is 3.46. The zero-order chi connectivity index (χ0) is 6.10. The smallest absolute Gasteiger partial charge is 0 e. The number of rotatable bonds is 0. The van der Waals surface area contributed by atoms with E-state index in [4.69, 9.17) is 0 Å². The first-order chi connectivity index (χ1) is 4.47. The fourth-order valence-corrected chi connectivity index (χ4v) is 2.28. The average Bonchev–Trinajstić information content (AvgIpc) is 2.33. The first-order valence-electron chi connectivity index (χ1n) is 4.17. The van der Waals surface area contributed by atoms with Gasteiger partial charge in [0.25, 0.3) is 0 Å². The summed E-state index contributed by atoms with van der Waals surface area (Å²) in [4.78, 5) is 0. The molecule has 0 aromatic rings. The van der Waals surface area contributed by atoms with Crippen molar-refractivity contribution in [2.75, 3.05) is 13.1 Å². The molecule has 0 aromatic carbocycles. The number of hydrogen-bond acceptors (Lipinski definition) is 1. The second kappa shape index (κ2) is 3.81. The van der Waals surface area contributed by atoms with Crippen molar-refractivity contribution in [3.8, 4) is 0 Å². The van der Waals surface area contributed by atoms with E-state index in [-0.39, 0.29) is 18.9 Å². The van der Waals surface area contributed by atoms with E-state index < -0.39 is 0 Å². The van der Waals surface area contributed by atoms with Gasteiger partial charge in [0.15, 0.2) is 0 Å². The van der Waals surface area contributed by atoms with Crippen LogP contribution in [0.25, 0.3) is 0 Å². The predicted molar refractivity (Wildman–Crippen MR) is 44.1 cm³/mol. The quantitative estimate of drug-likeness (QED) is 0.485. The SMILES string of the molecule is C1CCC2CNCC2C1.[Li]. The van der Waals surface area contributed by atoms with Crippen LogP contribution in [0.4, 0.5) is 0 Å². The second-order valence-corrected chi connectivity index (χ2v) is 3.46. The zero-order valence-electron chi connectivity index (χ0n) is 6.90. The van der Waals surface area contributed by atoms with Crippen molar-refractivity contribution in [3.05, 3.63) is 0 Å². The molecule has 53 valence electrons. The first-order valence-corrected chi connectivity index (χ1v) is 4.17. The van der Waals surface area contributed by atoms with Gasteiger partial charge in [0.1, 0.15) is 0 Å². The molecule has 1 heterocycles. The van der Waals surface area contributed by atoms with E-state index >= 15 is 0 Å². The van der Waals surface area contributed by atoms with E-state index in [1.807, 2.05) is 0 Å². The molecule has 1 aliphatic heterocycles. The molecule has 0 aromatic heterocycles. The van der Waals surface area contributed by atoms with Crippen LogP contribution < -0.4 is 5.32 Å². The fourth-order valence-electron chi connectivity index (χ4n) is 2.28. The van der Waals surface area contributed by atoms with E-state index in [1.54, 1.807) is 0 Å². The summed E-state index contributed by atoms with van der Waals surface area (Å²) in [5.41, 5.74) is 0. The van der Waals surface area contributed by atoms with Crippen molar-refractivity contribution in [3.63, 3.8) is 0 Å². The Balaban J connectivity index is 0.000000500. The third-order valence-electron chi connectivity index (χ3n) is 2.88. The Labute approximate surface area is 75.1 Å². The summed E-state index contributed by atoms with van der Waals surface area (Å²) in [7, 11) is 0. The van der Waals surface area contributed by atoms with Crippen LogP contribution >= 0.6 is 0 Å². The molecule has 1 radical (unpaired) electrons. The zero-order valence-corrected chi connectivity index (χ0v) is 6.90. The van der Waals surface area contributed by atoms with E-state index in [0.717, 1.165) is 11.8 Å². The number of fused-ring (bicyclic) bond motifs is 1. The van der Waals surface area contributed by atoms with Crippen LogP contribution in [-0.2, 0) is 0 Å². The minimum absolute atomic E-state index is 0. The topological polar surface area (TPSA) is 12.0 Å². The molecule has 2 heteroatoms. The Hall–Kier alpha value is 0.557. The van der Waals surface area contributed by atoms with Gasteiger partial charge < -0.3 is 5.32 Å². The van der Waals surface area contributed by atoms with Crippen LogP contribution in [0.3, 0.4) is 0 Å². The van der Waals surface area contributed by atoms with E-state index in [1.165, 1.54) is 38.8 Å². The molecule has 2 fully saturated rings. The second-order valence-electron chi connectivity index (χ2n) is 3.46. The molecule has 1 aliphatic carbocycles. The van der Waals surface area contributed by atoms with Gasteiger partial charge in [-0.3, -0.25) is 0 Å². The Morgan fingerprint density at radius 3 is 1.90 bits per heavy atom. The van der Waals surface area contributed by atoms with Gasteiger partial charge in [0, 0.05) is 18.9 Å². The summed E-state index contributed by atoms with van der Waals surface area (Å²) in [6.45, 7) is 2.62. The summed E-state index contributed by atoms with van der Waals surface area (Å²) in [5.74, 6) is 2.11. The number of hydrogen-bond donors (Lipinski definition) is 1. The van der Waals surface area contributed by atoms with Crippen molar-refractivity contribution in [1.82, 2.24) is 5.32 Å². The monoisotopic (exact) mass is 132 g/mol. The van der Waals surface area contributed by atoms with Gasteiger partial charge in [-0.15, -0.1) is 0 Å². The molecular weight excluding hydrogens is 117 g/mol. The van der Waals surface area contributed by atoms with Gasteiger partial charge in [0.2, 0.25) is 0 Å². The van der Waals surface area contributed by atoms with Crippen molar-refractivity contribution in [2.45, 2.75) is 25.7 Å². The third kappa shape index (κ3) is 1.59. The molecule has 2 atom stereocenters. The van der Waals surface area contributed by atoms with Crippen molar-refractivity contribution < 1.29 is 0 Å². The van der Waals surface area contributed by atoms with Crippen LogP contribution in [0.5, 0.6) is 0 Å². The van der Waals surface area contributed by atoms with Crippen LogP contribution in [0.2, 0.25) is 0 Å². The molecule has 2 aliphatic rings. The maximum atomic E-state index is 3.46. The van der Waals surface area contributed by atoms with Gasteiger partial charge in [-0.2, -0.15) is 0 Å². The van der Waals surface area contributed by atoms with E-state index in [0.29, 0.717) is 0 Å². The van der Waals surface area contributed by atoms with Gasteiger partial charge in [-0.25, -0.2) is 0 Å². The van der Waals surface area contributed by atoms with Gasteiger partial charge in [-0.1, -0.05) is 12.8 Å². The largest absolute Gasteiger partial charge is 0.316 e. The first kappa shape index (κ1) is 8.65. The van der Waals surface area contributed by atoms with Crippen LogP contribution in [-0.4, -0.2) is 32.0 Å². The van der Waals surface area contributed by atoms with Crippen molar-refractivity contribution >= 4 is 18.9 Å². The normalized spacial score (nSPS) is 38.4. The third-order valence-corrected chi connectivity index (χ3v) is 2.88. The minimum Gasteiger partial charge on any atom is -0.316 e. The maximum Gasteiger partial charge on any atom is 0 e. The summed E-state index contributed by atoms with van der Waals surface area (Å²) in [5, 5.41) is 3.46. The van der Waals surface area contributed by atoms with Crippen molar-refractivity contribution in [1.29, 1.82) is 0 Å². The summed E-state index contributed by atoms with van der Waals surface area (Å²) in [6, 6.07) is 0. The van der Waals surface area contributed by atoms with Gasteiger partial charge in [0.05, 0.1) is 0 Å². The van der Waals surface area contributed by atoms with E-state index in [9.17, 15) is 0 Å². The van der Waals surface area contributed by atoms with Gasteiger partial charge in [-0.05, 0) is 37.8 Å². The Kier molecular flexibility index (Phi) is 3.29. The molecule has 1 N–H and O–H groups in total. The van der Waals surface area contributed by atoms with Crippen LogP contribution in [0, 0.1) is 11.8 Å². The molecule has 10 heavy (non-hydrogen) atoms. The summed E-state index contributed by atoms with van der Waals surface area (Å²) < 4.78 is 0. The Morgan fingerprint density at radius 2 is 1.40 bits per heavy atom. The summed E-state index contributed by atoms with van der Waals surface area (Å²) >= 11 is 0. The molecule has 1 nitrogen and oxygen atoms in total. The molecule has 2 unspecified atom stereocenters. The number of nitrogens with one attached hydrogen (secondary N) is 1. The fraction of sp³-hybridized carbons (Fsp3) is 1.00. The average molecular weight is 132 g/mol. The van der Waals surface area contributed by atoms with Crippen molar-refractivity contribution in [2.24, 2.45) is 11.8 Å². The molecule has 2 rings (SSSR count). The molecule has 0 bridgehead atoms. The van der Waals surface area contributed by atoms with Gasteiger partial charge >= 0.3 is 0 Å². The Bertz CT molecular complexity index is 93.4. The molecule has 1 saturated heterocycles. The molecule has 1 saturated carbocycles. The minimum atomic E-state index is 0. The summed E-state index contributed by atoms with van der Waals surface area (Å²) in [6.07, 6.45) is 5.97. The standard InChI is InChI=1S/C8H15N.Li/c1-2-4-8-6-9-5-7(8)3-1;/h7-9H,1-6H2;.